The van der Waals surface area contributed by atoms with Crippen molar-refractivity contribution in [2.75, 3.05) is 6.61 Å². The van der Waals surface area contributed by atoms with E-state index in [0.29, 0.717) is 17.9 Å². The van der Waals surface area contributed by atoms with Crippen molar-refractivity contribution in [3.8, 4) is 22.6 Å². The molecule has 0 aliphatic heterocycles. The van der Waals surface area contributed by atoms with Crippen molar-refractivity contribution in [1.29, 1.82) is 0 Å². The lowest BCUT2D eigenvalue weighted by atomic mass is 10.00. The summed E-state index contributed by atoms with van der Waals surface area (Å²) in [6, 6.07) is 23.4. The van der Waals surface area contributed by atoms with Gasteiger partial charge in [-0.1, -0.05) is 69.0 Å². The number of unbranched alkanes of at least 4 members (excludes halogenated alkanes) is 4. The van der Waals surface area contributed by atoms with Crippen LogP contribution >= 0.6 is 0 Å². The van der Waals surface area contributed by atoms with Crippen LogP contribution in [0.3, 0.4) is 0 Å². The second-order valence-corrected chi connectivity index (χ2v) is 7.73. The monoisotopic (exact) mass is 416 g/mol. The molecule has 0 bridgehead atoms. The zero-order chi connectivity index (χ0) is 21.9. The van der Waals surface area contributed by atoms with Gasteiger partial charge in [-0.3, -0.25) is 0 Å². The van der Waals surface area contributed by atoms with E-state index >= 15 is 0 Å². The summed E-state index contributed by atoms with van der Waals surface area (Å²) in [4.78, 5) is 12.4. The number of hydrogen-bond acceptors (Lipinski definition) is 3. The van der Waals surface area contributed by atoms with Gasteiger partial charge in [-0.25, -0.2) is 4.79 Å². The van der Waals surface area contributed by atoms with Gasteiger partial charge in [0.1, 0.15) is 11.5 Å². The van der Waals surface area contributed by atoms with Crippen LogP contribution in [0.1, 0.15) is 61.9 Å². The number of esters is 1. The third-order valence-electron chi connectivity index (χ3n) is 5.32. The summed E-state index contributed by atoms with van der Waals surface area (Å²) in [6.45, 7) is 4.78. The maximum absolute atomic E-state index is 12.4. The number of hydrogen-bond donors (Lipinski definition) is 0. The number of carbonyl (C=O) groups is 1. The number of carbonyl (C=O) groups excluding carboxylic acids is 1. The van der Waals surface area contributed by atoms with Crippen LogP contribution in [-0.2, 0) is 6.42 Å². The topological polar surface area (TPSA) is 35.5 Å². The van der Waals surface area contributed by atoms with Gasteiger partial charge in [0, 0.05) is 0 Å². The first-order chi connectivity index (χ1) is 15.2. The average Bonchev–Trinajstić information content (AvgIpc) is 2.81. The first-order valence-electron chi connectivity index (χ1n) is 11.3. The van der Waals surface area contributed by atoms with E-state index in [-0.39, 0.29) is 5.97 Å². The van der Waals surface area contributed by atoms with Crippen LogP contribution < -0.4 is 9.47 Å². The molecule has 3 heteroatoms. The van der Waals surface area contributed by atoms with Gasteiger partial charge in [-0.05, 0) is 72.9 Å². The molecule has 3 rings (SSSR count). The molecule has 0 amide bonds. The van der Waals surface area contributed by atoms with Crippen LogP contribution in [0.2, 0.25) is 0 Å². The van der Waals surface area contributed by atoms with E-state index < -0.39 is 0 Å². The zero-order valence-electron chi connectivity index (χ0n) is 18.6. The Morgan fingerprint density at radius 1 is 0.677 bits per heavy atom. The van der Waals surface area contributed by atoms with Crippen LogP contribution in [0, 0.1) is 0 Å². The lowest BCUT2D eigenvalue weighted by Gasteiger charge is -2.08. The predicted octanol–water partition coefficient (Wildman–Crippen LogP) is 7.48. The lowest BCUT2D eigenvalue weighted by molar-refractivity contribution is 0.0734. The normalized spacial score (nSPS) is 10.6. The number of rotatable bonds is 11. The first-order valence-corrected chi connectivity index (χ1v) is 11.3. The highest BCUT2D eigenvalue weighted by Crippen LogP contribution is 2.23. The minimum absolute atomic E-state index is 0.367. The molecule has 162 valence electrons. The number of aryl methyl sites for hydroxylation is 1. The predicted molar refractivity (Wildman–Crippen MR) is 127 cm³/mol. The summed E-state index contributed by atoms with van der Waals surface area (Å²) < 4.78 is 10.9. The minimum atomic E-state index is -0.367. The molecule has 0 saturated carbocycles. The summed E-state index contributed by atoms with van der Waals surface area (Å²) in [5.41, 5.74) is 4.16. The van der Waals surface area contributed by atoms with E-state index in [9.17, 15) is 4.79 Å². The van der Waals surface area contributed by atoms with Gasteiger partial charge in [0.2, 0.25) is 0 Å². The summed E-state index contributed by atoms with van der Waals surface area (Å²) >= 11 is 0. The van der Waals surface area contributed by atoms with Gasteiger partial charge >= 0.3 is 5.97 Å². The average molecular weight is 417 g/mol. The Morgan fingerprint density at radius 2 is 1.26 bits per heavy atom. The van der Waals surface area contributed by atoms with Crippen molar-refractivity contribution < 1.29 is 14.3 Å². The van der Waals surface area contributed by atoms with Gasteiger partial charge in [0.05, 0.1) is 12.2 Å². The minimum Gasteiger partial charge on any atom is -0.494 e. The van der Waals surface area contributed by atoms with E-state index in [1.165, 1.54) is 37.7 Å². The van der Waals surface area contributed by atoms with Crippen molar-refractivity contribution in [3.63, 3.8) is 0 Å². The van der Waals surface area contributed by atoms with Crippen molar-refractivity contribution >= 4 is 5.97 Å². The van der Waals surface area contributed by atoms with Gasteiger partial charge in [-0.2, -0.15) is 0 Å². The molecular weight excluding hydrogens is 384 g/mol. The molecule has 0 atom stereocenters. The second-order valence-electron chi connectivity index (χ2n) is 7.73. The molecule has 0 saturated heterocycles. The quantitative estimate of drug-likeness (QED) is 0.185. The van der Waals surface area contributed by atoms with E-state index in [0.717, 1.165) is 23.3 Å². The van der Waals surface area contributed by atoms with Crippen molar-refractivity contribution in [3.05, 3.63) is 83.9 Å². The Hall–Kier alpha value is -3.07. The Labute approximate surface area is 186 Å². The van der Waals surface area contributed by atoms with Crippen LogP contribution in [0.4, 0.5) is 0 Å². The molecule has 3 aromatic carbocycles. The third kappa shape index (κ3) is 6.99. The third-order valence-corrected chi connectivity index (χ3v) is 5.32. The Balaban J connectivity index is 1.54. The summed E-state index contributed by atoms with van der Waals surface area (Å²) in [7, 11) is 0. The molecule has 3 nitrogen and oxygen atoms in total. The van der Waals surface area contributed by atoms with Crippen LogP contribution in [-0.4, -0.2) is 12.6 Å². The molecule has 0 fully saturated rings. The first kappa shape index (κ1) is 22.6. The fraction of sp³-hybridized carbons (Fsp3) is 0.321. The smallest absolute Gasteiger partial charge is 0.343 e. The Kier molecular flexibility index (Phi) is 8.71. The largest absolute Gasteiger partial charge is 0.494 e. The molecular formula is C28H32O3. The van der Waals surface area contributed by atoms with Gasteiger partial charge < -0.3 is 9.47 Å². The maximum atomic E-state index is 12.4. The Bertz CT molecular complexity index is 926. The van der Waals surface area contributed by atoms with Gasteiger partial charge in [-0.15, -0.1) is 0 Å². The maximum Gasteiger partial charge on any atom is 0.343 e. The summed E-state index contributed by atoms with van der Waals surface area (Å²) in [5.74, 6) is 0.895. The lowest BCUT2D eigenvalue weighted by Crippen LogP contribution is -2.08. The molecule has 31 heavy (non-hydrogen) atoms. The highest BCUT2D eigenvalue weighted by molar-refractivity contribution is 5.91. The van der Waals surface area contributed by atoms with Crippen molar-refractivity contribution in [1.82, 2.24) is 0 Å². The highest BCUT2D eigenvalue weighted by Gasteiger charge is 2.09. The van der Waals surface area contributed by atoms with Crippen LogP contribution in [0.25, 0.3) is 11.1 Å². The summed E-state index contributed by atoms with van der Waals surface area (Å²) in [6.07, 6.45) is 7.66. The number of benzene rings is 3. The van der Waals surface area contributed by atoms with Crippen LogP contribution in [0.15, 0.2) is 72.8 Å². The van der Waals surface area contributed by atoms with E-state index in [4.69, 9.17) is 9.47 Å². The molecule has 0 spiro atoms. The van der Waals surface area contributed by atoms with E-state index in [1.54, 1.807) is 24.3 Å². The van der Waals surface area contributed by atoms with Crippen molar-refractivity contribution in [2.45, 2.75) is 52.4 Å². The fourth-order valence-electron chi connectivity index (χ4n) is 3.53. The molecule has 0 heterocycles. The molecule has 0 unspecified atom stereocenters. The summed E-state index contributed by atoms with van der Waals surface area (Å²) in [5, 5.41) is 0. The fourth-order valence-corrected chi connectivity index (χ4v) is 3.53. The molecule has 0 N–H and O–H groups in total. The van der Waals surface area contributed by atoms with E-state index in [2.05, 4.69) is 31.2 Å². The molecule has 3 aromatic rings. The van der Waals surface area contributed by atoms with Crippen molar-refractivity contribution in [2.24, 2.45) is 0 Å². The Morgan fingerprint density at radius 3 is 1.87 bits per heavy atom. The SMILES string of the molecule is CCCCCCCc1ccc(-c2ccc(C(=O)Oc3ccc(OCC)cc3)cc2)cc1. The van der Waals surface area contributed by atoms with Gasteiger partial charge in [0.25, 0.3) is 0 Å². The standard InChI is InChI=1S/C28H32O3/c1-3-5-6-7-8-9-22-10-12-23(13-11-22)24-14-16-25(17-15-24)28(29)31-27-20-18-26(19-21-27)30-4-2/h10-21H,3-9H2,1-2H3. The molecule has 0 aliphatic carbocycles. The molecule has 0 radical (unpaired) electrons. The van der Waals surface area contributed by atoms with Gasteiger partial charge in [0.15, 0.2) is 0 Å². The molecule has 0 aliphatic rings. The number of ether oxygens (including phenoxy) is 2. The van der Waals surface area contributed by atoms with Crippen LogP contribution in [0.5, 0.6) is 11.5 Å². The molecule has 0 aromatic heterocycles. The highest BCUT2D eigenvalue weighted by atomic mass is 16.5. The second kappa shape index (κ2) is 11.9. The zero-order valence-corrected chi connectivity index (χ0v) is 18.6. The van der Waals surface area contributed by atoms with E-state index in [1.807, 2.05) is 31.2 Å².